The summed E-state index contributed by atoms with van der Waals surface area (Å²) in [6.45, 7) is 0. The highest BCUT2D eigenvalue weighted by Crippen LogP contribution is 2.25. The Bertz CT molecular complexity index is 671. The molecule has 0 aliphatic rings. The molecule has 20 heavy (non-hydrogen) atoms. The summed E-state index contributed by atoms with van der Waals surface area (Å²) in [7, 11) is 0. The summed E-state index contributed by atoms with van der Waals surface area (Å²) in [5.41, 5.74) is 0.632. The summed E-state index contributed by atoms with van der Waals surface area (Å²) >= 11 is 8.90. The lowest BCUT2D eigenvalue weighted by molar-refractivity contribution is 0.0697. The first-order valence-corrected chi connectivity index (χ1v) is 6.75. The minimum absolute atomic E-state index is 0.00909. The van der Waals surface area contributed by atoms with Gasteiger partial charge in [-0.05, 0) is 52.3 Å². The number of hydrogen-bond donors (Lipinski definition) is 2. The number of nitrogens with one attached hydrogen (secondary N) is 1. The van der Waals surface area contributed by atoms with E-state index in [2.05, 4.69) is 21.2 Å². The van der Waals surface area contributed by atoms with Gasteiger partial charge in [-0.25, -0.2) is 4.79 Å². The van der Waals surface area contributed by atoms with Crippen LogP contribution in [-0.2, 0) is 0 Å². The first-order valence-electron chi connectivity index (χ1n) is 5.58. The summed E-state index contributed by atoms with van der Waals surface area (Å²) in [6.07, 6.45) is 0. The molecular formula is C14H9BrClNO3. The van der Waals surface area contributed by atoms with Crippen LogP contribution in [0, 0.1) is 0 Å². The lowest BCUT2D eigenvalue weighted by Crippen LogP contribution is -2.15. The molecule has 2 rings (SSSR count). The summed E-state index contributed by atoms with van der Waals surface area (Å²) in [5, 5.41) is 12.3. The number of rotatable bonds is 3. The topological polar surface area (TPSA) is 66.4 Å². The van der Waals surface area contributed by atoms with Crippen molar-refractivity contribution in [2.45, 2.75) is 0 Å². The summed E-state index contributed by atoms with van der Waals surface area (Å²) in [5.74, 6) is -1.52. The Morgan fingerprint density at radius 1 is 1.10 bits per heavy atom. The number of carbonyl (C=O) groups is 2. The van der Waals surface area contributed by atoms with Crippen molar-refractivity contribution in [3.05, 3.63) is 63.1 Å². The van der Waals surface area contributed by atoms with Crippen LogP contribution in [0.15, 0.2) is 46.9 Å². The standard InChI is InChI=1S/C14H9BrClNO3/c15-10-2-1-3-11(12(10)14(19)20)17-13(18)8-4-6-9(16)7-5-8/h1-7H,(H,17,18)(H,19,20). The molecule has 2 N–H and O–H groups in total. The Morgan fingerprint density at radius 2 is 1.75 bits per heavy atom. The van der Waals surface area contributed by atoms with Gasteiger partial charge in [0.15, 0.2) is 0 Å². The number of hydrogen-bond acceptors (Lipinski definition) is 2. The molecule has 2 aromatic rings. The lowest BCUT2D eigenvalue weighted by atomic mass is 10.1. The van der Waals surface area contributed by atoms with Crippen molar-refractivity contribution in [3.63, 3.8) is 0 Å². The molecule has 0 aliphatic carbocycles. The van der Waals surface area contributed by atoms with Crippen molar-refractivity contribution < 1.29 is 14.7 Å². The van der Waals surface area contributed by atoms with Gasteiger partial charge < -0.3 is 10.4 Å². The molecule has 0 atom stereocenters. The van der Waals surface area contributed by atoms with Gasteiger partial charge in [0.1, 0.15) is 0 Å². The monoisotopic (exact) mass is 353 g/mol. The molecule has 0 radical (unpaired) electrons. The van der Waals surface area contributed by atoms with Gasteiger partial charge in [0.2, 0.25) is 0 Å². The maximum atomic E-state index is 12.0. The number of halogens is 2. The van der Waals surface area contributed by atoms with E-state index in [1.807, 2.05) is 0 Å². The highest BCUT2D eigenvalue weighted by Gasteiger charge is 2.16. The molecule has 0 bridgehead atoms. The van der Waals surface area contributed by atoms with Crippen molar-refractivity contribution in [1.82, 2.24) is 0 Å². The Balaban J connectivity index is 2.30. The number of carboxylic acid groups (broad SMARTS) is 1. The van der Waals surface area contributed by atoms with E-state index in [9.17, 15) is 9.59 Å². The Kier molecular flexibility index (Phi) is 4.42. The molecule has 0 aromatic heterocycles. The number of carbonyl (C=O) groups excluding carboxylic acids is 1. The van der Waals surface area contributed by atoms with Crippen LogP contribution in [0.3, 0.4) is 0 Å². The molecule has 2 aromatic carbocycles. The zero-order valence-corrected chi connectivity index (χ0v) is 12.4. The zero-order chi connectivity index (χ0) is 14.7. The van der Waals surface area contributed by atoms with Crippen LogP contribution < -0.4 is 5.32 Å². The van der Waals surface area contributed by atoms with E-state index in [4.69, 9.17) is 16.7 Å². The van der Waals surface area contributed by atoms with E-state index in [0.717, 1.165) is 0 Å². The number of amides is 1. The fourth-order valence-corrected chi connectivity index (χ4v) is 2.30. The Labute approximate surface area is 128 Å². The fourth-order valence-electron chi connectivity index (χ4n) is 1.64. The normalized spacial score (nSPS) is 10.1. The summed E-state index contributed by atoms with van der Waals surface area (Å²) in [4.78, 5) is 23.3. The average molecular weight is 355 g/mol. The minimum atomic E-state index is -1.12. The maximum Gasteiger partial charge on any atom is 0.338 e. The maximum absolute atomic E-state index is 12.0. The molecule has 0 unspecified atom stereocenters. The van der Waals surface area contributed by atoms with E-state index >= 15 is 0 Å². The van der Waals surface area contributed by atoms with Crippen molar-refractivity contribution in [1.29, 1.82) is 0 Å². The van der Waals surface area contributed by atoms with Gasteiger partial charge in [-0.3, -0.25) is 4.79 Å². The summed E-state index contributed by atoms with van der Waals surface area (Å²) < 4.78 is 0.402. The van der Waals surface area contributed by atoms with Gasteiger partial charge >= 0.3 is 5.97 Å². The van der Waals surface area contributed by atoms with E-state index in [1.165, 1.54) is 6.07 Å². The van der Waals surface area contributed by atoms with Crippen molar-refractivity contribution in [2.24, 2.45) is 0 Å². The molecule has 6 heteroatoms. The smallest absolute Gasteiger partial charge is 0.338 e. The van der Waals surface area contributed by atoms with Crippen LogP contribution in [0.1, 0.15) is 20.7 Å². The highest BCUT2D eigenvalue weighted by molar-refractivity contribution is 9.10. The molecular weight excluding hydrogens is 346 g/mol. The molecule has 1 amide bonds. The number of benzene rings is 2. The predicted octanol–water partition coefficient (Wildman–Crippen LogP) is 4.05. The molecule has 0 saturated carbocycles. The van der Waals surface area contributed by atoms with Gasteiger partial charge in [0.05, 0.1) is 11.3 Å². The fraction of sp³-hybridized carbons (Fsp3) is 0. The molecule has 0 fully saturated rings. The van der Waals surface area contributed by atoms with E-state index in [1.54, 1.807) is 36.4 Å². The highest BCUT2D eigenvalue weighted by atomic mass is 79.9. The van der Waals surface area contributed by atoms with Crippen LogP contribution in [0.4, 0.5) is 5.69 Å². The number of anilines is 1. The zero-order valence-electron chi connectivity index (χ0n) is 10.1. The Morgan fingerprint density at radius 3 is 2.35 bits per heavy atom. The van der Waals surface area contributed by atoms with E-state index in [0.29, 0.717) is 15.1 Å². The van der Waals surface area contributed by atoms with Crippen LogP contribution in [0.25, 0.3) is 0 Å². The van der Waals surface area contributed by atoms with Gasteiger partial charge in [-0.1, -0.05) is 17.7 Å². The molecule has 0 saturated heterocycles. The minimum Gasteiger partial charge on any atom is -0.478 e. The Hall–Kier alpha value is -1.85. The van der Waals surface area contributed by atoms with Crippen LogP contribution >= 0.6 is 27.5 Å². The molecule has 0 aliphatic heterocycles. The van der Waals surface area contributed by atoms with Crippen LogP contribution in [0.5, 0.6) is 0 Å². The molecule has 0 heterocycles. The molecule has 0 spiro atoms. The van der Waals surface area contributed by atoms with Gasteiger partial charge in [0.25, 0.3) is 5.91 Å². The van der Waals surface area contributed by atoms with Crippen molar-refractivity contribution in [3.8, 4) is 0 Å². The quantitative estimate of drug-likeness (QED) is 0.874. The third-order valence-electron chi connectivity index (χ3n) is 2.58. The molecule has 4 nitrogen and oxygen atoms in total. The van der Waals surface area contributed by atoms with Gasteiger partial charge in [-0.15, -0.1) is 0 Å². The first kappa shape index (κ1) is 14.6. The largest absolute Gasteiger partial charge is 0.478 e. The van der Waals surface area contributed by atoms with Crippen LogP contribution in [-0.4, -0.2) is 17.0 Å². The van der Waals surface area contributed by atoms with E-state index < -0.39 is 11.9 Å². The average Bonchev–Trinajstić information content (AvgIpc) is 2.39. The SMILES string of the molecule is O=C(Nc1cccc(Br)c1C(=O)O)c1ccc(Cl)cc1. The van der Waals surface area contributed by atoms with E-state index in [-0.39, 0.29) is 11.3 Å². The molecule has 102 valence electrons. The van der Waals surface area contributed by atoms with Crippen molar-refractivity contribution in [2.75, 3.05) is 5.32 Å². The van der Waals surface area contributed by atoms with Crippen LogP contribution in [0.2, 0.25) is 5.02 Å². The third-order valence-corrected chi connectivity index (χ3v) is 3.49. The summed E-state index contributed by atoms with van der Waals surface area (Å²) in [6, 6.07) is 11.1. The second-order valence-corrected chi connectivity index (χ2v) is 5.22. The second-order valence-electron chi connectivity index (χ2n) is 3.93. The van der Waals surface area contributed by atoms with Gasteiger partial charge in [-0.2, -0.15) is 0 Å². The van der Waals surface area contributed by atoms with Crippen molar-refractivity contribution >= 4 is 45.1 Å². The third kappa shape index (κ3) is 3.18. The lowest BCUT2D eigenvalue weighted by Gasteiger charge is -2.09. The number of aromatic carboxylic acids is 1. The van der Waals surface area contributed by atoms with Gasteiger partial charge in [0, 0.05) is 15.1 Å². The first-order chi connectivity index (χ1) is 9.49. The number of carboxylic acids is 1. The second kappa shape index (κ2) is 6.07. The predicted molar refractivity (Wildman–Crippen MR) is 80.5 cm³/mol.